The molecule has 2 aromatic carbocycles. The van der Waals surface area contributed by atoms with Crippen LogP contribution in [0.15, 0.2) is 52.9 Å². The summed E-state index contributed by atoms with van der Waals surface area (Å²) in [5, 5.41) is 4.21. The molecular weight excluding hydrogens is 265 g/mol. The molecule has 0 fully saturated rings. The zero-order valence-corrected chi connectivity index (χ0v) is 12.2. The Balaban J connectivity index is 2.11. The number of nitrogens with one attached hydrogen (secondary N) is 1. The maximum atomic E-state index is 13.8. The molecule has 3 aromatic rings. The van der Waals surface area contributed by atoms with Crippen LogP contribution in [0.5, 0.6) is 0 Å². The third kappa shape index (κ3) is 2.57. The number of para-hydroxylation sites is 1. The van der Waals surface area contributed by atoms with Crippen LogP contribution in [0.3, 0.4) is 0 Å². The quantitative estimate of drug-likeness (QED) is 0.758. The van der Waals surface area contributed by atoms with Gasteiger partial charge in [-0.15, -0.1) is 0 Å². The summed E-state index contributed by atoms with van der Waals surface area (Å²) in [5.74, 6) is 0.421. The van der Waals surface area contributed by atoms with Crippen molar-refractivity contribution >= 4 is 11.0 Å². The van der Waals surface area contributed by atoms with Crippen LogP contribution < -0.4 is 5.32 Å². The van der Waals surface area contributed by atoms with Crippen molar-refractivity contribution in [2.45, 2.75) is 19.9 Å². The van der Waals surface area contributed by atoms with Crippen LogP contribution in [-0.2, 0) is 0 Å². The summed E-state index contributed by atoms with van der Waals surface area (Å²) < 4.78 is 19.6. The second kappa shape index (κ2) is 5.70. The summed E-state index contributed by atoms with van der Waals surface area (Å²) in [5.41, 5.74) is 2.66. The predicted octanol–water partition coefficient (Wildman–Crippen LogP) is 4.58. The van der Waals surface area contributed by atoms with Gasteiger partial charge in [-0.2, -0.15) is 0 Å². The molecule has 0 saturated carbocycles. The van der Waals surface area contributed by atoms with Crippen LogP contribution in [0.4, 0.5) is 4.39 Å². The van der Waals surface area contributed by atoms with E-state index in [1.54, 1.807) is 6.07 Å². The SMILES string of the molecule is CCNC(c1cc2cccc(F)c2o1)c1ccccc1C. The van der Waals surface area contributed by atoms with Gasteiger partial charge in [0, 0.05) is 5.39 Å². The van der Waals surface area contributed by atoms with Gasteiger partial charge in [0.15, 0.2) is 11.4 Å². The van der Waals surface area contributed by atoms with Gasteiger partial charge in [-0.05, 0) is 36.7 Å². The van der Waals surface area contributed by atoms with E-state index < -0.39 is 0 Å². The molecule has 1 aromatic heterocycles. The lowest BCUT2D eigenvalue weighted by molar-refractivity contribution is 0.464. The molecule has 3 heteroatoms. The van der Waals surface area contributed by atoms with Crippen LogP contribution in [0.25, 0.3) is 11.0 Å². The molecule has 0 aliphatic heterocycles. The molecule has 1 N–H and O–H groups in total. The first kappa shape index (κ1) is 13.8. The zero-order valence-electron chi connectivity index (χ0n) is 12.2. The first-order chi connectivity index (χ1) is 10.2. The molecule has 3 rings (SSSR count). The van der Waals surface area contributed by atoms with E-state index in [-0.39, 0.29) is 11.9 Å². The molecule has 0 aliphatic rings. The van der Waals surface area contributed by atoms with Crippen LogP contribution in [0, 0.1) is 12.7 Å². The first-order valence-electron chi connectivity index (χ1n) is 7.17. The molecule has 1 heterocycles. The van der Waals surface area contributed by atoms with Crippen molar-refractivity contribution in [2.24, 2.45) is 0 Å². The van der Waals surface area contributed by atoms with Crippen molar-refractivity contribution in [1.82, 2.24) is 5.32 Å². The van der Waals surface area contributed by atoms with Gasteiger partial charge in [-0.1, -0.05) is 43.3 Å². The summed E-state index contributed by atoms with van der Waals surface area (Å²) in [6.45, 7) is 4.93. The Hall–Kier alpha value is -2.13. The van der Waals surface area contributed by atoms with Crippen LogP contribution in [0.2, 0.25) is 0 Å². The summed E-state index contributed by atoms with van der Waals surface area (Å²) in [4.78, 5) is 0. The fraction of sp³-hybridized carbons (Fsp3) is 0.222. The highest BCUT2D eigenvalue weighted by Crippen LogP contribution is 2.30. The molecule has 1 atom stereocenters. The van der Waals surface area contributed by atoms with Gasteiger partial charge in [-0.3, -0.25) is 0 Å². The lowest BCUT2D eigenvalue weighted by Crippen LogP contribution is -2.22. The number of benzene rings is 2. The van der Waals surface area contributed by atoms with Gasteiger partial charge in [-0.25, -0.2) is 4.39 Å². The van der Waals surface area contributed by atoms with Crippen molar-refractivity contribution in [1.29, 1.82) is 0 Å². The number of hydrogen-bond acceptors (Lipinski definition) is 2. The van der Waals surface area contributed by atoms with E-state index >= 15 is 0 Å². The smallest absolute Gasteiger partial charge is 0.169 e. The molecule has 0 radical (unpaired) electrons. The van der Waals surface area contributed by atoms with E-state index in [0.717, 1.165) is 23.3 Å². The Morgan fingerprint density at radius 2 is 1.95 bits per heavy atom. The molecule has 1 unspecified atom stereocenters. The van der Waals surface area contributed by atoms with Crippen molar-refractivity contribution in [2.75, 3.05) is 6.54 Å². The fourth-order valence-corrected chi connectivity index (χ4v) is 2.67. The highest BCUT2D eigenvalue weighted by molar-refractivity contribution is 5.78. The summed E-state index contributed by atoms with van der Waals surface area (Å²) in [6.07, 6.45) is 0. The molecule has 0 aliphatic carbocycles. The predicted molar refractivity (Wildman–Crippen MR) is 82.9 cm³/mol. The maximum absolute atomic E-state index is 13.8. The molecule has 108 valence electrons. The third-order valence-electron chi connectivity index (χ3n) is 3.71. The second-order valence-electron chi connectivity index (χ2n) is 5.15. The molecule has 0 bridgehead atoms. The molecule has 2 nitrogen and oxygen atoms in total. The van der Waals surface area contributed by atoms with Crippen LogP contribution in [-0.4, -0.2) is 6.54 Å². The van der Waals surface area contributed by atoms with Crippen LogP contribution >= 0.6 is 0 Å². The van der Waals surface area contributed by atoms with Gasteiger partial charge in [0.1, 0.15) is 5.76 Å². The minimum Gasteiger partial charge on any atom is -0.456 e. The average Bonchev–Trinajstić information content (AvgIpc) is 2.91. The third-order valence-corrected chi connectivity index (χ3v) is 3.71. The summed E-state index contributed by atoms with van der Waals surface area (Å²) in [6, 6.07) is 15.0. The number of halogens is 1. The fourth-order valence-electron chi connectivity index (χ4n) is 2.67. The van der Waals surface area contributed by atoms with Gasteiger partial charge in [0.05, 0.1) is 6.04 Å². The molecule has 0 amide bonds. The van der Waals surface area contributed by atoms with Crippen LogP contribution in [0.1, 0.15) is 29.9 Å². The van der Waals surface area contributed by atoms with Gasteiger partial charge >= 0.3 is 0 Å². The number of hydrogen-bond donors (Lipinski definition) is 1. The topological polar surface area (TPSA) is 25.2 Å². The lowest BCUT2D eigenvalue weighted by Gasteiger charge is -2.18. The van der Waals surface area contributed by atoms with E-state index in [2.05, 4.69) is 31.3 Å². The van der Waals surface area contributed by atoms with Crippen molar-refractivity contribution in [3.63, 3.8) is 0 Å². The van der Waals surface area contributed by atoms with Gasteiger partial charge < -0.3 is 9.73 Å². The molecule has 0 spiro atoms. The Morgan fingerprint density at radius 1 is 1.14 bits per heavy atom. The molecule has 0 saturated heterocycles. The lowest BCUT2D eigenvalue weighted by atomic mass is 9.99. The van der Waals surface area contributed by atoms with E-state index in [0.29, 0.717) is 5.58 Å². The summed E-state index contributed by atoms with van der Waals surface area (Å²) in [7, 11) is 0. The van der Waals surface area contributed by atoms with Crippen molar-refractivity contribution in [3.8, 4) is 0 Å². The summed E-state index contributed by atoms with van der Waals surface area (Å²) >= 11 is 0. The van der Waals surface area contributed by atoms with E-state index in [1.807, 2.05) is 24.3 Å². The Labute approximate surface area is 123 Å². The van der Waals surface area contributed by atoms with Gasteiger partial charge in [0.2, 0.25) is 0 Å². The number of furan rings is 1. The highest BCUT2D eigenvalue weighted by atomic mass is 19.1. The zero-order chi connectivity index (χ0) is 14.8. The average molecular weight is 283 g/mol. The van der Waals surface area contributed by atoms with Gasteiger partial charge in [0.25, 0.3) is 0 Å². The largest absolute Gasteiger partial charge is 0.456 e. The minimum atomic E-state index is -0.321. The second-order valence-corrected chi connectivity index (χ2v) is 5.15. The number of fused-ring (bicyclic) bond motifs is 1. The number of aryl methyl sites for hydroxylation is 1. The van der Waals surface area contributed by atoms with E-state index in [9.17, 15) is 4.39 Å². The Morgan fingerprint density at radius 3 is 2.67 bits per heavy atom. The normalized spacial score (nSPS) is 12.7. The molecular formula is C18H18FNO. The standard InChI is InChI=1S/C18H18FNO/c1-3-20-17(14-9-5-4-7-12(14)2)16-11-13-8-6-10-15(19)18(13)21-16/h4-11,17,20H,3H2,1-2H3. The Bertz CT molecular complexity index is 763. The van der Waals surface area contributed by atoms with Crippen molar-refractivity contribution in [3.05, 3.63) is 71.2 Å². The Kier molecular flexibility index (Phi) is 3.76. The first-order valence-corrected chi connectivity index (χ1v) is 7.17. The van der Waals surface area contributed by atoms with E-state index in [4.69, 9.17) is 4.42 Å². The minimum absolute atomic E-state index is 0.0667. The molecule has 21 heavy (non-hydrogen) atoms. The maximum Gasteiger partial charge on any atom is 0.169 e. The van der Waals surface area contributed by atoms with Crippen molar-refractivity contribution < 1.29 is 8.81 Å². The monoisotopic (exact) mass is 283 g/mol. The van der Waals surface area contributed by atoms with E-state index in [1.165, 1.54) is 11.6 Å². The highest BCUT2D eigenvalue weighted by Gasteiger charge is 2.20. The number of rotatable bonds is 4.